The van der Waals surface area contributed by atoms with Crippen molar-refractivity contribution in [2.45, 2.75) is 13.1 Å². The molecule has 0 aliphatic heterocycles. The summed E-state index contributed by atoms with van der Waals surface area (Å²) in [5.74, 6) is -3.99. The molecule has 180 valence electrons. The summed E-state index contributed by atoms with van der Waals surface area (Å²) in [4.78, 5) is 0. The molecule has 0 aliphatic rings. The van der Waals surface area contributed by atoms with E-state index in [0.717, 1.165) is 36.4 Å². The topological polar surface area (TPSA) is 9.23 Å². The number of alkyl halides is 3. The van der Waals surface area contributed by atoms with Gasteiger partial charge in [0.15, 0.2) is 0 Å². The fourth-order valence-electron chi connectivity index (χ4n) is 3.73. The van der Waals surface area contributed by atoms with Crippen molar-refractivity contribution in [3.63, 3.8) is 0 Å². The van der Waals surface area contributed by atoms with E-state index in [1.54, 1.807) is 19.1 Å². The van der Waals surface area contributed by atoms with E-state index in [1.807, 2.05) is 0 Å². The number of hydrogen-bond donors (Lipinski definition) is 0. The van der Waals surface area contributed by atoms with Gasteiger partial charge in [-0.05, 0) is 59.8 Å². The number of rotatable bonds is 5. The Balaban J connectivity index is 1.71. The van der Waals surface area contributed by atoms with Crippen molar-refractivity contribution >= 4 is 10.8 Å². The van der Waals surface area contributed by atoms with Crippen LogP contribution in [0.25, 0.3) is 33.0 Å². The first-order valence-corrected chi connectivity index (χ1v) is 10.4. The van der Waals surface area contributed by atoms with E-state index in [2.05, 4.69) is 0 Å². The monoisotopic (exact) mass is 490 g/mol. The maximum absolute atomic E-state index is 15.0. The fourth-order valence-corrected chi connectivity index (χ4v) is 3.73. The molecule has 4 aromatic rings. The lowest BCUT2D eigenvalue weighted by molar-refractivity contribution is -0.139. The minimum Gasteiger partial charge on any atom is -0.489 e. The Kier molecular flexibility index (Phi) is 6.56. The van der Waals surface area contributed by atoms with Gasteiger partial charge >= 0.3 is 6.18 Å². The van der Waals surface area contributed by atoms with Crippen molar-refractivity contribution in [3.05, 3.63) is 102 Å². The molecule has 0 bridgehead atoms. The average molecular weight is 490 g/mol. The summed E-state index contributed by atoms with van der Waals surface area (Å²) in [6.07, 6.45) is -1.38. The Bertz CT molecular complexity index is 1410. The molecule has 0 aromatic heterocycles. The van der Waals surface area contributed by atoms with Crippen LogP contribution in [0.15, 0.2) is 72.8 Å². The number of halogens is 7. The van der Waals surface area contributed by atoms with Gasteiger partial charge in [0.25, 0.3) is 0 Å². The van der Waals surface area contributed by atoms with Gasteiger partial charge in [-0.3, -0.25) is 0 Å². The van der Waals surface area contributed by atoms with Gasteiger partial charge in [0.1, 0.15) is 35.6 Å². The average Bonchev–Trinajstić information content (AvgIpc) is 2.78. The van der Waals surface area contributed by atoms with Crippen LogP contribution in [0.3, 0.4) is 0 Å². The highest BCUT2D eigenvalue weighted by Gasteiger charge is 2.34. The van der Waals surface area contributed by atoms with Crippen molar-refractivity contribution in [2.75, 3.05) is 6.61 Å². The third kappa shape index (κ3) is 4.87. The Morgan fingerprint density at radius 1 is 0.771 bits per heavy atom. The van der Waals surface area contributed by atoms with Crippen molar-refractivity contribution in [2.24, 2.45) is 0 Å². The first-order valence-electron chi connectivity index (χ1n) is 10.4. The van der Waals surface area contributed by atoms with Gasteiger partial charge in [-0.25, -0.2) is 17.6 Å². The minimum absolute atomic E-state index is 0.00796. The van der Waals surface area contributed by atoms with E-state index < -0.39 is 40.6 Å². The van der Waals surface area contributed by atoms with Crippen LogP contribution in [-0.2, 0) is 6.18 Å². The standard InChI is InChI=1S/C27H17F7O/c1-2-3-10-35-18-6-8-19(22(28)14-18)17-12-23(29)25(24(30)13-17)16-4-7-20-15(11-16)5-9-21(26(20)31)27(32,33)34/h2-9,11-14H,10H2,1H3. The van der Waals surface area contributed by atoms with Gasteiger partial charge in [-0.1, -0.05) is 30.4 Å². The molecule has 0 unspecified atom stereocenters. The van der Waals surface area contributed by atoms with Crippen LogP contribution in [0, 0.1) is 23.3 Å². The zero-order valence-electron chi connectivity index (χ0n) is 18.2. The predicted octanol–water partition coefficient (Wildman–Crippen LogP) is 8.70. The van der Waals surface area contributed by atoms with Crippen LogP contribution in [0.2, 0.25) is 0 Å². The SMILES string of the molecule is CC=CCOc1ccc(-c2cc(F)c(-c3ccc4c(F)c(C(F)(F)F)ccc4c3)c(F)c2)c(F)c1. The first kappa shape index (κ1) is 24.3. The van der Waals surface area contributed by atoms with Crippen LogP contribution in [-0.4, -0.2) is 6.61 Å². The molecule has 0 N–H and O–H groups in total. The number of allylic oxidation sites excluding steroid dienone is 1. The zero-order valence-corrected chi connectivity index (χ0v) is 18.2. The summed E-state index contributed by atoms with van der Waals surface area (Å²) >= 11 is 0. The molecule has 0 radical (unpaired) electrons. The molecule has 0 heterocycles. The quantitative estimate of drug-likeness (QED) is 0.201. The molecule has 0 aliphatic carbocycles. The van der Waals surface area contributed by atoms with Gasteiger partial charge in [0, 0.05) is 17.0 Å². The van der Waals surface area contributed by atoms with E-state index in [0.29, 0.717) is 6.07 Å². The second-order valence-corrected chi connectivity index (χ2v) is 7.70. The normalized spacial score (nSPS) is 12.0. The lowest BCUT2D eigenvalue weighted by Gasteiger charge is -2.13. The predicted molar refractivity (Wildman–Crippen MR) is 120 cm³/mol. The highest BCUT2D eigenvalue weighted by Crippen LogP contribution is 2.37. The fraction of sp³-hybridized carbons (Fsp3) is 0.111. The Morgan fingerprint density at radius 2 is 1.49 bits per heavy atom. The zero-order chi connectivity index (χ0) is 25.3. The molecule has 4 rings (SSSR count). The number of ether oxygens (including phenoxy) is 1. The number of benzene rings is 4. The Hall–Kier alpha value is -3.81. The summed E-state index contributed by atoms with van der Waals surface area (Å²) < 4.78 is 103. The maximum atomic E-state index is 15.0. The van der Waals surface area contributed by atoms with Gasteiger partial charge in [-0.15, -0.1) is 0 Å². The van der Waals surface area contributed by atoms with Crippen LogP contribution in [0.4, 0.5) is 30.7 Å². The molecule has 0 atom stereocenters. The molecule has 0 saturated heterocycles. The van der Waals surface area contributed by atoms with E-state index in [9.17, 15) is 30.7 Å². The Morgan fingerprint density at radius 3 is 2.11 bits per heavy atom. The second kappa shape index (κ2) is 9.44. The van der Waals surface area contributed by atoms with Gasteiger partial charge in [0.2, 0.25) is 0 Å². The van der Waals surface area contributed by atoms with E-state index >= 15 is 0 Å². The molecule has 0 amide bonds. The highest BCUT2D eigenvalue weighted by molar-refractivity contribution is 5.89. The largest absolute Gasteiger partial charge is 0.489 e. The lowest BCUT2D eigenvalue weighted by atomic mass is 9.96. The highest BCUT2D eigenvalue weighted by atomic mass is 19.4. The van der Waals surface area contributed by atoms with Gasteiger partial charge in [-0.2, -0.15) is 13.2 Å². The molecule has 0 fully saturated rings. The van der Waals surface area contributed by atoms with E-state index in [4.69, 9.17) is 4.74 Å². The van der Waals surface area contributed by atoms with Crippen LogP contribution < -0.4 is 4.74 Å². The minimum atomic E-state index is -4.88. The second-order valence-electron chi connectivity index (χ2n) is 7.70. The van der Waals surface area contributed by atoms with E-state index in [-0.39, 0.29) is 39.8 Å². The summed E-state index contributed by atoms with van der Waals surface area (Å²) in [6, 6.07) is 10.8. The van der Waals surface area contributed by atoms with Crippen molar-refractivity contribution in [3.8, 4) is 28.0 Å². The molecule has 0 saturated carbocycles. The van der Waals surface area contributed by atoms with Crippen LogP contribution >= 0.6 is 0 Å². The molecule has 0 spiro atoms. The summed E-state index contributed by atoms with van der Waals surface area (Å²) in [7, 11) is 0. The summed E-state index contributed by atoms with van der Waals surface area (Å²) in [5, 5.41) is -0.296. The molecule has 8 heteroatoms. The smallest absolute Gasteiger partial charge is 0.419 e. The van der Waals surface area contributed by atoms with Crippen LogP contribution in [0.1, 0.15) is 12.5 Å². The molecular formula is C27H17F7O. The van der Waals surface area contributed by atoms with Crippen molar-refractivity contribution in [1.29, 1.82) is 0 Å². The maximum Gasteiger partial charge on any atom is 0.419 e. The third-order valence-electron chi connectivity index (χ3n) is 5.42. The molecular weight excluding hydrogens is 473 g/mol. The first-order chi connectivity index (χ1) is 16.6. The Labute approximate surface area is 196 Å². The number of hydrogen-bond acceptors (Lipinski definition) is 1. The van der Waals surface area contributed by atoms with Crippen molar-refractivity contribution in [1.82, 2.24) is 0 Å². The molecule has 4 aromatic carbocycles. The summed E-state index contributed by atoms with van der Waals surface area (Å²) in [5.41, 5.74) is -2.01. The molecule has 35 heavy (non-hydrogen) atoms. The number of fused-ring (bicyclic) bond motifs is 1. The van der Waals surface area contributed by atoms with Crippen LogP contribution in [0.5, 0.6) is 5.75 Å². The third-order valence-corrected chi connectivity index (χ3v) is 5.42. The molecule has 1 nitrogen and oxygen atoms in total. The van der Waals surface area contributed by atoms with E-state index in [1.165, 1.54) is 18.2 Å². The van der Waals surface area contributed by atoms with Gasteiger partial charge < -0.3 is 4.74 Å². The lowest BCUT2D eigenvalue weighted by Crippen LogP contribution is -2.08. The summed E-state index contributed by atoms with van der Waals surface area (Å²) in [6.45, 7) is 2.04. The van der Waals surface area contributed by atoms with Gasteiger partial charge in [0.05, 0.1) is 11.1 Å². The van der Waals surface area contributed by atoms with Crippen molar-refractivity contribution < 1.29 is 35.5 Å².